The number of hydrogen-bond acceptors (Lipinski definition) is 1. The molecule has 1 rings (SSSR count). The van der Waals surface area contributed by atoms with Gasteiger partial charge in [0.2, 0.25) is 0 Å². The van der Waals surface area contributed by atoms with E-state index in [-0.39, 0.29) is 0 Å². The van der Waals surface area contributed by atoms with Gasteiger partial charge in [-0.25, -0.2) is 8.78 Å². The van der Waals surface area contributed by atoms with Crippen LogP contribution in [0.2, 0.25) is 0 Å². The van der Waals surface area contributed by atoms with Crippen molar-refractivity contribution in [3.8, 4) is 0 Å². The van der Waals surface area contributed by atoms with Gasteiger partial charge in [0, 0.05) is 0 Å². The Hall–Kier alpha value is -0.990. The standard InChI is InChI=1S/C14H21F2N/c1-4-6-11(15)13-8-10(3)9-14(17-13)12(16)7-5-2/h8-9,11-12H,4-7H2,1-3H3. The van der Waals surface area contributed by atoms with Crippen molar-refractivity contribution in [1.82, 2.24) is 4.98 Å². The van der Waals surface area contributed by atoms with Crippen molar-refractivity contribution in [3.63, 3.8) is 0 Å². The van der Waals surface area contributed by atoms with Gasteiger partial charge in [0.1, 0.15) is 12.3 Å². The van der Waals surface area contributed by atoms with Crippen molar-refractivity contribution in [2.24, 2.45) is 0 Å². The van der Waals surface area contributed by atoms with Crippen molar-refractivity contribution in [1.29, 1.82) is 0 Å². The van der Waals surface area contributed by atoms with E-state index < -0.39 is 12.3 Å². The van der Waals surface area contributed by atoms with Crippen molar-refractivity contribution in [2.75, 3.05) is 0 Å². The SMILES string of the molecule is CCCC(F)c1cc(C)cc(C(F)CCC)n1. The van der Waals surface area contributed by atoms with Crippen LogP contribution >= 0.6 is 0 Å². The maximum Gasteiger partial charge on any atom is 0.142 e. The molecule has 0 amide bonds. The molecule has 0 aliphatic carbocycles. The van der Waals surface area contributed by atoms with Gasteiger partial charge in [-0.3, -0.25) is 4.98 Å². The van der Waals surface area contributed by atoms with Gasteiger partial charge in [0.25, 0.3) is 0 Å². The number of halogens is 2. The third kappa shape index (κ3) is 4.06. The molecule has 17 heavy (non-hydrogen) atoms. The maximum atomic E-state index is 13.8. The van der Waals surface area contributed by atoms with Gasteiger partial charge in [-0.2, -0.15) is 0 Å². The van der Waals surface area contributed by atoms with Crippen molar-refractivity contribution in [2.45, 2.75) is 58.8 Å². The second-order valence-electron chi connectivity index (χ2n) is 4.51. The summed E-state index contributed by atoms with van der Waals surface area (Å²) in [5.74, 6) is 0. The van der Waals surface area contributed by atoms with Gasteiger partial charge in [-0.05, 0) is 37.5 Å². The molecule has 0 N–H and O–H groups in total. The summed E-state index contributed by atoms with van der Waals surface area (Å²) in [6.45, 7) is 5.71. The highest BCUT2D eigenvalue weighted by Crippen LogP contribution is 2.27. The predicted octanol–water partition coefficient (Wildman–Crippen LogP) is 5.01. The number of rotatable bonds is 6. The molecule has 0 aliphatic rings. The number of alkyl halides is 2. The Kier molecular flexibility index (Phi) is 5.52. The van der Waals surface area contributed by atoms with E-state index >= 15 is 0 Å². The largest absolute Gasteiger partial charge is 0.252 e. The van der Waals surface area contributed by atoms with E-state index in [1.54, 1.807) is 12.1 Å². The van der Waals surface area contributed by atoms with Crippen LogP contribution < -0.4 is 0 Å². The van der Waals surface area contributed by atoms with E-state index in [0.717, 1.165) is 18.4 Å². The van der Waals surface area contributed by atoms with E-state index in [4.69, 9.17) is 0 Å². The zero-order chi connectivity index (χ0) is 12.8. The van der Waals surface area contributed by atoms with Crippen molar-refractivity contribution < 1.29 is 8.78 Å². The maximum absolute atomic E-state index is 13.8. The smallest absolute Gasteiger partial charge is 0.142 e. The quantitative estimate of drug-likeness (QED) is 0.682. The van der Waals surface area contributed by atoms with Gasteiger partial charge < -0.3 is 0 Å². The lowest BCUT2D eigenvalue weighted by Gasteiger charge is -2.12. The highest BCUT2D eigenvalue weighted by atomic mass is 19.1. The Morgan fingerprint density at radius 1 is 1.00 bits per heavy atom. The summed E-state index contributed by atoms with van der Waals surface area (Å²) >= 11 is 0. The third-order valence-corrected chi connectivity index (χ3v) is 2.74. The van der Waals surface area contributed by atoms with E-state index in [1.165, 1.54) is 0 Å². The molecule has 1 nitrogen and oxygen atoms in total. The molecule has 1 aromatic rings. The van der Waals surface area contributed by atoms with Gasteiger partial charge in [0.15, 0.2) is 0 Å². The minimum atomic E-state index is -1.08. The second-order valence-corrected chi connectivity index (χ2v) is 4.51. The first-order valence-electron chi connectivity index (χ1n) is 6.35. The van der Waals surface area contributed by atoms with Crippen LogP contribution in [-0.2, 0) is 0 Å². The molecule has 1 aromatic heterocycles. The zero-order valence-electron chi connectivity index (χ0n) is 10.8. The molecule has 2 atom stereocenters. The predicted molar refractivity (Wildman–Crippen MR) is 66.5 cm³/mol. The van der Waals surface area contributed by atoms with Gasteiger partial charge >= 0.3 is 0 Å². The lowest BCUT2D eigenvalue weighted by Crippen LogP contribution is -2.03. The van der Waals surface area contributed by atoms with Crippen LogP contribution in [0, 0.1) is 6.92 Å². The van der Waals surface area contributed by atoms with Crippen molar-refractivity contribution in [3.05, 3.63) is 29.1 Å². The topological polar surface area (TPSA) is 12.9 Å². The average molecular weight is 241 g/mol. The van der Waals surface area contributed by atoms with Crippen LogP contribution in [0.15, 0.2) is 12.1 Å². The molecule has 0 bridgehead atoms. The molecule has 96 valence electrons. The molecule has 0 fully saturated rings. The molecule has 0 aromatic carbocycles. The number of hydrogen-bond donors (Lipinski definition) is 0. The molecule has 0 saturated carbocycles. The van der Waals surface area contributed by atoms with Crippen molar-refractivity contribution >= 4 is 0 Å². The van der Waals surface area contributed by atoms with E-state index in [0.29, 0.717) is 24.2 Å². The Labute approximate surface area is 102 Å². The molecule has 1 heterocycles. The normalized spacial score (nSPS) is 14.6. The lowest BCUT2D eigenvalue weighted by molar-refractivity contribution is 0.297. The van der Waals surface area contributed by atoms with Gasteiger partial charge in [0.05, 0.1) is 11.4 Å². The second kappa shape index (κ2) is 6.67. The summed E-state index contributed by atoms with van der Waals surface area (Å²) in [6, 6.07) is 3.42. The minimum absolute atomic E-state index is 0.376. The fourth-order valence-electron chi connectivity index (χ4n) is 1.85. The first-order valence-corrected chi connectivity index (χ1v) is 6.35. The van der Waals surface area contributed by atoms with Gasteiger partial charge in [-0.1, -0.05) is 26.7 Å². The van der Waals surface area contributed by atoms with Crippen LogP contribution in [-0.4, -0.2) is 4.98 Å². The zero-order valence-corrected chi connectivity index (χ0v) is 10.8. The first kappa shape index (κ1) is 14.1. The monoisotopic (exact) mass is 241 g/mol. The fraction of sp³-hybridized carbons (Fsp3) is 0.643. The van der Waals surface area contributed by atoms with Gasteiger partial charge in [-0.15, -0.1) is 0 Å². The molecule has 2 unspecified atom stereocenters. The summed E-state index contributed by atoms with van der Waals surface area (Å²) in [6.07, 6.45) is 0.265. The summed E-state index contributed by atoms with van der Waals surface area (Å²) in [5, 5.41) is 0. The van der Waals surface area contributed by atoms with Crippen LogP contribution in [0.5, 0.6) is 0 Å². The molecule has 0 saturated heterocycles. The molecular weight excluding hydrogens is 220 g/mol. The van der Waals surface area contributed by atoms with Crippen LogP contribution in [0.1, 0.15) is 68.8 Å². The summed E-state index contributed by atoms with van der Waals surface area (Å²) < 4.78 is 27.5. The van der Waals surface area contributed by atoms with Crippen LogP contribution in [0.25, 0.3) is 0 Å². The first-order chi connectivity index (χ1) is 8.08. The average Bonchev–Trinajstić information content (AvgIpc) is 2.29. The molecule has 3 heteroatoms. The number of pyridine rings is 1. The fourth-order valence-corrected chi connectivity index (χ4v) is 1.85. The summed E-state index contributed by atoms with van der Waals surface area (Å²) in [5.41, 5.74) is 1.63. The summed E-state index contributed by atoms with van der Waals surface area (Å²) in [4.78, 5) is 4.12. The molecular formula is C14H21F2N. The van der Waals surface area contributed by atoms with E-state index in [2.05, 4.69) is 4.98 Å². The Morgan fingerprint density at radius 2 is 1.41 bits per heavy atom. The van der Waals surface area contributed by atoms with E-state index in [9.17, 15) is 8.78 Å². The van der Waals surface area contributed by atoms with Crippen LogP contribution in [0.3, 0.4) is 0 Å². The Morgan fingerprint density at radius 3 is 1.76 bits per heavy atom. The summed E-state index contributed by atoms with van der Waals surface area (Å²) in [7, 11) is 0. The number of aromatic nitrogens is 1. The Balaban J connectivity index is 2.93. The number of nitrogens with zero attached hydrogens (tertiary/aromatic N) is 1. The molecule has 0 radical (unpaired) electrons. The Bertz CT molecular complexity index is 322. The van der Waals surface area contributed by atoms with Crippen LogP contribution in [0.4, 0.5) is 8.78 Å². The minimum Gasteiger partial charge on any atom is -0.252 e. The number of aryl methyl sites for hydroxylation is 1. The lowest BCUT2D eigenvalue weighted by atomic mass is 10.1. The molecule has 0 spiro atoms. The highest BCUT2D eigenvalue weighted by molar-refractivity contribution is 5.23. The van der Waals surface area contributed by atoms with E-state index in [1.807, 2.05) is 20.8 Å². The highest BCUT2D eigenvalue weighted by Gasteiger charge is 2.16. The third-order valence-electron chi connectivity index (χ3n) is 2.74. The molecule has 0 aliphatic heterocycles.